The van der Waals surface area contributed by atoms with Crippen LogP contribution in [0.4, 0.5) is 0 Å². The average Bonchev–Trinajstić information content (AvgIpc) is 3.33. The monoisotopic (exact) mass is 1030 g/mol. The van der Waals surface area contributed by atoms with Gasteiger partial charge in [-0.25, -0.2) is 0 Å². The standard InChI is InChI=1S/C50H88N14O9/c1-6-7-8-9-13-16-33(65)28-42(66)56-35(17-21-51)45(68)59-38-20-24-55-44(67)39(25-30(2)3)60-46(69)36(18-22-52)57-43-34(54)29-64(43)63-50(73)40(26-31(4)5)61-49(72)41(27-32-14-11-10-12-15-32)62-47(70)37(19-23-53)58-48(38)71/h10-12,14-15,30-31,33,35-41,44,55,57,65,67H,6-9,13,16-29,51-54H2,1-5H3,(H,56,66)(H,58,71)(H,59,68)(H,60,69)(H,61,72)(H,62,70)(H,63,73)/t33-,35-,36+,37+,38+,39+,40+,41-,44?/m1/s1. The largest absolute Gasteiger partial charge is 0.398 e. The fraction of sp³-hybridized carbons (Fsp3) is 0.700. The Bertz CT molecular complexity index is 1940. The van der Waals surface area contributed by atoms with E-state index in [1.54, 1.807) is 30.3 Å². The fourth-order valence-corrected chi connectivity index (χ4v) is 8.60. The molecule has 412 valence electrons. The van der Waals surface area contributed by atoms with Gasteiger partial charge in [-0.3, -0.25) is 49.3 Å². The number of aliphatic hydroxyl groups is 2. The first-order valence-electron chi connectivity index (χ1n) is 26.2. The zero-order valence-electron chi connectivity index (χ0n) is 43.7. The molecule has 1 aromatic carbocycles. The minimum atomic E-state index is -1.40. The lowest BCUT2D eigenvalue weighted by atomic mass is 10.0. The lowest BCUT2D eigenvalue weighted by Gasteiger charge is -2.40. The van der Waals surface area contributed by atoms with Gasteiger partial charge in [0.25, 0.3) is 5.91 Å². The molecule has 2 heterocycles. The lowest BCUT2D eigenvalue weighted by Crippen LogP contribution is -2.63. The van der Waals surface area contributed by atoms with Gasteiger partial charge in [0.2, 0.25) is 35.4 Å². The van der Waals surface area contributed by atoms with Crippen LogP contribution in [-0.4, -0.2) is 144 Å². The van der Waals surface area contributed by atoms with Crippen LogP contribution in [0.5, 0.6) is 0 Å². The first-order chi connectivity index (χ1) is 34.8. The van der Waals surface area contributed by atoms with Gasteiger partial charge in [-0.15, -0.1) is 0 Å². The summed E-state index contributed by atoms with van der Waals surface area (Å²) >= 11 is 0. The van der Waals surface area contributed by atoms with Gasteiger partial charge in [-0.2, -0.15) is 0 Å². The molecule has 1 saturated heterocycles. The number of amides is 7. The zero-order chi connectivity index (χ0) is 54.0. The Labute approximate surface area is 431 Å². The smallest absolute Gasteiger partial charge is 0.261 e. The van der Waals surface area contributed by atoms with Crippen molar-refractivity contribution in [2.75, 3.05) is 32.7 Å². The van der Waals surface area contributed by atoms with Crippen molar-refractivity contribution in [2.24, 2.45) is 34.8 Å². The number of aliphatic hydroxyl groups excluding tert-OH is 2. The maximum Gasteiger partial charge on any atom is 0.261 e. The third-order valence-electron chi connectivity index (χ3n) is 12.6. The maximum absolute atomic E-state index is 14.4. The zero-order valence-corrected chi connectivity index (χ0v) is 43.7. The molecule has 1 aromatic rings. The highest BCUT2D eigenvalue weighted by Gasteiger charge is 2.36. The van der Waals surface area contributed by atoms with Gasteiger partial charge in [0.15, 0.2) is 0 Å². The fourth-order valence-electron chi connectivity index (χ4n) is 8.60. The summed E-state index contributed by atoms with van der Waals surface area (Å²) in [6, 6.07) is 0.739. The summed E-state index contributed by atoms with van der Waals surface area (Å²) in [5.74, 6) is -4.61. The molecule has 3 rings (SSSR count). The number of hydrogen-bond donors (Lipinski definition) is 15. The molecule has 0 radical (unpaired) electrons. The normalized spacial score (nSPS) is 23.9. The summed E-state index contributed by atoms with van der Waals surface area (Å²) in [6.45, 7) is 9.65. The van der Waals surface area contributed by atoms with Gasteiger partial charge in [0.1, 0.15) is 48.3 Å². The van der Waals surface area contributed by atoms with E-state index in [0.29, 0.717) is 24.1 Å². The Balaban J connectivity index is 2.05. The minimum Gasteiger partial charge on any atom is -0.398 e. The van der Waals surface area contributed by atoms with E-state index in [1.807, 2.05) is 27.7 Å². The van der Waals surface area contributed by atoms with Crippen molar-refractivity contribution in [3.63, 3.8) is 0 Å². The van der Waals surface area contributed by atoms with E-state index in [4.69, 9.17) is 22.9 Å². The van der Waals surface area contributed by atoms with Gasteiger partial charge < -0.3 is 70.4 Å². The molecule has 0 spiro atoms. The van der Waals surface area contributed by atoms with Gasteiger partial charge in [0.05, 0.1) is 30.8 Å². The Morgan fingerprint density at radius 2 is 1.34 bits per heavy atom. The van der Waals surface area contributed by atoms with Crippen LogP contribution >= 0.6 is 0 Å². The summed E-state index contributed by atoms with van der Waals surface area (Å²) in [5.41, 5.74) is 28.0. The second-order valence-corrected chi connectivity index (χ2v) is 20.0. The van der Waals surface area contributed by atoms with E-state index in [9.17, 15) is 43.8 Å². The van der Waals surface area contributed by atoms with Crippen molar-refractivity contribution >= 4 is 41.4 Å². The highest BCUT2D eigenvalue weighted by atomic mass is 16.3. The van der Waals surface area contributed by atoms with Gasteiger partial charge in [-0.05, 0) is 82.0 Å². The van der Waals surface area contributed by atoms with E-state index < -0.39 is 96.0 Å². The Morgan fingerprint density at radius 1 is 0.740 bits per heavy atom. The van der Waals surface area contributed by atoms with Crippen molar-refractivity contribution in [1.82, 2.24) is 53.0 Å². The van der Waals surface area contributed by atoms with Crippen LogP contribution in [0.1, 0.15) is 124 Å². The van der Waals surface area contributed by atoms with E-state index in [2.05, 4.69) is 54.9 Å². The number of carbonyl (C=O) groups excluding carboxylic acids is 7. The predicted molar refractivity (Wildman–Crippen MR) is 277 cm³/mol. The molecule has 73 heavy (non-hydrogen) atoms. The summed E-state index contributed by atoms with van der Waals surface area (Å²) < 4.78 is 0. The van der Waals surface area contributed by atoms with Crippen molar-refractivity contribution in [3.8, 4) is 0 Å². The molecular weight excluding hydrogens is 941 g/mol. The van der Waals surface area contributed by atoms with Crippen LogP contribution in [0.3, 0.4) is 0 Å². The number of hydrazine groups is 1. The second-order valence-electron chi connectivity index (χ2n) is 20.0. The summed E-state index contributed by atoms with van der Waals surface area (Å²) in [5, 5.41) is 46.2. The van der Waals surface area contributed by atoms with Crippen molar-refractivity contribution in [2.45, 2.75) is 179 Å². The molecule has 0 saturated carbocycles. The van der Waals surface area contributed by atoms with Crippen LogP contribution in [0.25, 0.3) is 0 Å². The number of nitrogens with two attached hydrogens (primary N) is 4. The van der Waals surface area contributed by atoms with Crippen molar-refractivity contribution < 1.29 is 43.8 Å². The highest BCUT2D eigenvalue weighted by molar-refractivity contribution is 5.96. The van der Waals surface area contributed by atoms with Crippen LogP contribution < -0.4 is 70.9 Å². The highest BCUT2D eigenvalue weighted by Crippen LogP contribution is 2.18. The number of nitrogens with one attached hydrogen (secondary N) is 9. The number of benzene rings is 1. The summed E-state index contributed by atoms with van der Waals surface area (Å²) in [6.07, 6.45) is 3.04. The molecule has 2 aliphatic heterocycles. The first-order valence-corrected chi connectivity index (χ1v) is 26.2. The SMILES string of the molecule is CCCCCCC[C@@H](O)CC(=O)N[C@H](CCN)C(=O)N[C@H]1CCNC(O)[C@H](CC(C)C)NC(=O)[C@H](CCN)NC2=C(N)CN2NC(=O)[C@H](CC(C)C)NC(=O)[C@@H](Cc2ccccc2)NC(=O)[C@H](CCN)NC1=O. The number of carbonyl (C=O) groups is 7. The van der Waals surface area contributed by atoms with Crippen molar-refractivity contribution in [3.05, 3.63) is 47.4 Å². The molecule has 1 fully saturated rings. The molecule has 0 bridgehead atoms. The number of rotatable bonds is 23. The molecule has 1 unspecified atom stereocenters. The maximum atomic E-state index is 14.4. The molecule has 23 heteroatoms. The van der Waals surface area contributed by atoms with Crippen molar-refractivity contribution in [1.29, 1.82) is 0 Å². The number of nitrogens with zero attached hydrogens (tertiary/aromatic N) is 1. The van der Waals surface area contributed by atoms with Crippen LogP contribution in [0.2, 0.25) is 0 Å². The molecule has 0 aliphatic carbocycles. The van der Waals surface area contributed by atoms with Gasteiger partial charge in [-0.1, -0.05) is 97.1 Å². The van der Waals surface area contributed by atoms with Crippen LogP contribution in [0, 0.1) is 11.8 Å². The van der Waals surface area contributed by atoms with E-state index in [0.717, 1.165) is 32.1 Å². The van der Waals surface area contributed by atoms with E-state index in [-0.39, 0.29) is 95.3 Å². The number of fused-ring (bicyclic) bond motifs is 1. The molecular formula is C50H88N14O9. The molecule has 2 aliphatic rings. The van der Waals surface area contributed by atoms with Crippen LogP contribution in [-0.2, 0) is 40.0 Å². The second kappa shape index (κ2) is 32.6. The van der Waals surface area contributed by atoms with Gasteiger partial charge in [0, 0.05) is 13.0 Å². The molecule has 19 N–H and O–H groups in total. The molecule has 9 atom stereocenters. The Hall–Kier alpha value is -5.59. The topological polar surface area (TPSA) is 376 Å². The van der Waals surface area contributed by atoms with E-state index >= 15 is 0 Å². The molecule has 23 nitrogen and oxygen atoms in total. The predicted octanol–water partition coefficient (Wildman–Crippen LogP) is -1.87. The number of unbranched alkanes of at least 4 members (excludes halogenated alkanes) is 4. The Morgan fingerprint density at radius 3 is 1.96 bits per heavy atom. The van der Waals surface area contributed by atoms with Crippen LogP contribution in [0.15, 0.2) is 41.8 Å². The number of hydrogen-bond acceptors (Lipinski definition) is 16. The molecule has 7 amide bonds. The third-order valence-corrected chi connectivity index (χ3v) is 12.6. The Kier molecular flexibility index (Phi) is 27.5. The quantitative estimate of drug-likeness (QED) is 0.0534. The van der Waals surface area contributed by atoms with Gasteiger partial charge >= 0.3 is 0 Å². The minimum absolute atomic E-state index is 0.00347. The molecule has 0 aromatic heterocycles. The third kappa shape index (κ3) is 21.8. The summed E-state index contributed by atoms with van der Waals surface area (Å²) in [7, 11) is 0. The average molecular weight is 1030 g/mol. The first kappa shape index (κ1) is 61.7. The lowest BCUT2D eigenvalue weighted by molar-refractivity contribution is -0.136. The summed E-state index contributed by atoms with van der Waals surface area (Å²) in [4.78, 5) is 98.3. The van der Waals surface area contributed by atoms with E-state index in [1.165, 1.54) is 5.01 Å².